The molecule has 4 rings (SSSR count). The molecule has 0 bridgehead atoms. The summed E-state index contributed by atoms with van der Waals surface area (Å²) in [6.07, 6.45) is 4.00. The molecular weight excluding hydrogens is 402 g/mol. The zero-order valence-electron chi connectivity index (χ0n) is 18.8. The minimum Gasteiger partial charge on any atom is -0.494 e. The molecule has 7 heteroatoms. The molecule has 1 unspecified atom stereocenters. The summed E-state index contributed by atoms with van der Waals surface area (Å²) in [4.78, 5) is 2.52. The first kappa shape index (κ1) is 22.3. The van der Waals surface area contributed by atoms with Crippen molar-refractivity contribution in [1.82, 2.24) is 19.7 Å². The fourth-order valence-corrected chi connectivity index (χ4v) is 4.09. The highest BCUT2D eigenvalue weighted by Gasteiger charge is 2.18. The molecule has 1 saturated heterocycles. The van der Waals surface area contributed by atoms with Crippen LogP contribution in [0.1, 0.15) is 48.7 Å². The molecular formula is C25H33N5O2. The van der Waals surface area contributed by atoms with Gasteiger partial charge in [0.2, 0.25) is 5.95 Å². The Morgan fingerprint density at radius 3 is 2.66 bits per heavy atom. The number of hydrogen-bond donors (Lipinski definition) is 2. The Morgan fingerprint density at radius 1 is 1.03 bits per heavy atom. The molecule has 7 nitrogen and oxygen atoms in total. The molecule has 2 heterocycles. The van der Waals surface area contributed by atoms with Crippen LogP contribution in [0, 0.1) is 0 Å². The van der Waals surface area contributed by atoms with Gasteiger partial charge in [-0.2, -0.15) is 0 Å². The molecule has 1 aromatic heterocycles. The zero-order valence-corrected chi connectivity index (χ0v) is 18.8. The van der Waals surface area contributed by atoms with Gasteiger partial charge in [0.15, 0.2) is 5.82 Å². The highest BCUT2D eigenvalue weighted by atomic mass is 16.5. The number of hydrogen-bond acceptors (Lipinski definition) is 6. The Labute approximate surface area is 190 Å². The quantitative estimate of drug-likeness (QED) is 0.472. The van der Waals surface area contributed by atoms with E-state index >= 15 is 0 Å². The van der Waals surface area contributed by atoms with Crippen LogP contribution in [0.25, 0.3) is 0 Å². The Kier molecular flexibility index (Phi) is 7.74. The first-order valence-electron chi connectivity index (χ1n) is 11.5. The second-order valence-electron chi connectivity index (χ2n) is 8.37. The maximum Gasteiger partial charge on any atom is 0.224 e. The average Bonchev–Trinajstić information content (AvgIpc) is 3.20. The van der Waals surface area contributed by atoms with E-state index in [9.17, 15) is 5.11 Å². The molecule has 0 spiro atoms. The summed E-state index contributed by atoms with van der Waals surface area (Å²) in [7, 11) is 1.86. The van der Waals surface area contributed by atoms with Gasteiger partial charge in [-0.05, 0) is 55.6 Å². The van der Waals surface area contributed by atoms with Gasteiger partial charge in [-0.25, -0.2) is 0 Å². The molecule has 32 heavy (non-hydrogen) atoms. The summed E-state index contributed by atoms with van der Waals surface area (Å²) in [5.41, 5.74) is 2.11. The molecule has 3 aromatic rings. The number of anilines is 1. The summed E-state index contributed by atoms with van der Waals surface area (Å²) >= 11 is 0. The molecule has 1 aliphatic rings. The highest BCUT2D eigenvalue weighted by Crippen LogP contribution is 2.21. The predicted molar refractivity (Wildman–Crippen MR) is 126 cm³/mol. The van der Waals surface area contributed by atoms with Crippen molar-refractivity contribution in [3.8, 4) is 5.75 Å². The number of aliphatic hydroxyl groups excluding tert-OH is 1. The zero-order chi connectivity index (χ0) is 22.2. The van der Waals surface area contributed by atoms with Crippen molar-refractivity contribution in [2.45, 2.75) is 38.3 Å². The number of nitrogens with one attached hydrogen (secondary N) is 1. The largest absolute Gasteiger partial charge is 0.494 e. The predicted octanol–water partition coefficient (Wildman–Crippen LogP) is 3.76. The molecule has 1 aliphatic heterocycles. The van der Waals surface area contributed by atoms with Crippen LogP contribution in [0.4, 0.5) is 5.95 Å². The number of benzene rings is 2. The smallest absolute Gasteiger partial charge is 0.224 e. The summed E-state index contributed by atoms with van der Waals surface area (Å²) in [5, 5.41) is 22.2. The van der Waals surface area contributed by atoms with Gasteiger partial charge in [-0.3, -0.25) is 9.47 Å². The summed E-state index contributed by atoms with van der Waals surface area (Å²) in [6.45, 7) is 4.73. The van der Waals surface area contributed by atoms with Gasteiger partial charge in [0.1, 0.15) is 11.9 Å². The number of aliphatic hydroxyl groups is 1. The normalized spacial score (nSPS) is 15.4. The molecule has 0 aliphatic carbocycles. The molecule has 170 valence electrons. The van der Waals surface area contributed by atoms with Crippen LogP contribution in [0.5, 0.6) is 5.75 Å². The number of nitrogens with zero attached hydrogens (tertiary/aromatic N) is 4. The van der Waals surface area contributed by atoms with Gasteiger partial charge in [0.05, 0.1) is 6.61 Å². The summed E-state index contributed by atoms with van der Waals surface area (Å²) < 4.78 is 7.76. The van der Waals surface area contributed by atoms with Crippen molar-refractivity contribution in [1.29, 1.82) is 0 Å². The number of aromatic nitrogens is 3. The Bertz CT molecular complexity index is 969. The SMILES string of the molecule is Cn1c(NCCCOc2cccc(CN3CCCCC3)c2)nnc1C(O)c1ccccc1. The van der Waals surface area contributed by atoms with Crippen molar-refractivity contribution in [2.24, 2.45) is 7.05 Å². The molecule has 0 saturated carbocycles. The van der Waals surface area contributed by atoms with E-state index in [0.717, 1.165) is 24.3 Å². The molecule has 2 N–H and O–H groups in total. The van der Waals surface area contributed by atoms with E-state index < -0.39 is 6.10 Å². The summed E-state index contributed by atoms with van der Waals surface area (Å²) in [5.74, 6) is 2.07. The lowest BCUT2D eigenvalue weighted by Crippen LogP contribution is -2.29. The fraction of sp³-hybridized carbons (Fsp3) is 0.440. The van der Waals surface area contributed by atoms with Crippen LogP contribution >= 0.6 is 0 Å². The lowest BCUT2D eigenvalue weighted by atomic mass is 10.1. The molecule has 0 amide bonds. The maximum absolute atomic E-state index is 10.6. The van der Waals surface area contributed by atoms with Crippen molar-refractivity contribution < 1.29 is 9.84 Å². The third-order valence-corrected chi connectivity index (χ3v) is 5.89. The Hall–Kier alpha value is -2.90. The highest BCUT2D eigenvalue weighted by molar-refractivity contribution is 5.30. The monoisotopic (exact) mass is 435 g/mol. The van der Waals surface area contributed by atoms with Crippen LogP contribution in [0.3, 0.4) is 0 Å². The van der Waals surface area contributed by atoms with Gasteiger partial charge < -0.3 is 15.2 Å². The third-order valence-electron chi connectivity index (χ3n) is 5.89. The molecule has 1 atom stereocenters. The number of ether oxygens (including phenoxy) is 1. The number of likely N-dealkylation sites (tertiary alicyclic amines) is 1. The fourth-order valence-electron chi connectivity index (χ4n) is 4.09. The van der Waals surface area contributed by atoms with Crippen molar-refractivity contribution in [2.75, 3.05) is 31.6 Å². The maximum atomic E-state index is 10.6. The Balaban J connectivity index is 1.21. The van der Waals surface area contributed by atoms with Gasteiger partial charge in [0.25, 0.3) is 0 Å². The van der Waals surface area contributed by atoms with Crippen LogP contribution in [-0.4, -0.2) is 51.0 Å². The molecule has 0 radical (unpaired) electrons. The van der Waals surface area contributed by atoms with E-state index in [-0.39, 0.29) is 0 Å². The van der Waals surface area contributed by atoms with Gasteiger partial charge in [0, 0.05) is 20.1 Å². The van der Waals surface area contributed by atoms with Crippen molar-refractivity contribution in [3.63, 3.8) is 0 Å². The van der Waals surface area contributed by atoms with Crippen LogP contribution in [0.2, 0.25) is 0 Å². The minimum absolute atomic E-state index is 0.514. The van der Waals surface area contributed by atoms with Crippen LogP contribution in [-0.2, 0) is 13.6 Å². The van der Waals surface area contributed by atoms with Crippen LogP contribution in [0.15, 0.2) is 54.6 Å². The van der Waals surface area contributed by atoms with Gasteiger partial charge >= 0.3 is 0 Å². The second-order valence-corrected chi connectivity index (χ2v) is 8.37. The van der Waals surface area contributed by atoms with E-state index in [1.165, 1.54) is 37.9 Å². The number of rotatable bonds is 10. The topological polar surface area (TPSA) is 75.4 Å². The van der Waals surface area contributed by atoms with E-state index in [1.54, 1.807) is 4.57 Å². The first-order valence-corrected chi connectivity index (χ1v) is 11.5. The second kappa shape index (κ2) is 11.1. The van der Waals surface area contributed by atoms with Crippen LogP contribution < -0.4 is 10.1 Å². The lowest BCUT2D eigenvalue weighted by molar-refractivity contribution is 0.206. The first-order chi connectivity index (χ1) is 15.7. The Morgan fingerprint density at radius 2 is 1.84 bits per heavy atom. The van der Waals surface area contributed by atoms with E-state index in [0.29, 0.717) is 24.9 Å². The average molecular weight is 436 g/mol. The van der Waals surface area contributed by atoms with E-state index in [2.05, 4.69) is 38.6 Å². The molecule has 1 fully saturated rings. The standard InChI is InChI=1S/C25H33N5O2/c1-29-24(23(31)21-11-4-2-5-12-21)27-28-25(29)26-14-9-17-32-22-13-8-10-20(18-22)19-30-15-6-3-7-16-30/h2,4-5,8,10-13,18,23,31H,3,6-7,9,14-17,19H2,1H3,(H,26,28). The third kappa shape index (κ3) is 5.87. The van der Waals surface area contributed by atoms with Gasteiger partial charge in [-0.1, -0.05) is 48.9 Å². The van der Waals surface area contributed by atoms with E-state index in [1.807, 2.05) is 43.4 Å². The molecule has 2 aromatic carbocycles. The van der Waals surface area contributed by atoms with Crippen molar-refractivity contribution in [3.05, 3.63) is 71.5 Å². The number of piperidine rings is 1. The summed E-state index contributed by atoms with van der Waals surface area (Å²) in [6, 6.07) is 17.9. The van der Waals surface area contributed by atoms with Gasteiger partial charge in [-0.15, -0.1) is 10.2 Å². The van der Waals surface area contributed by atoms with E-state index in [4.69, 9.17) is 4.74 Å². The van der Waals surface area contributed by atoms with Crippen molar-refractivity contribution >= 4 is 5.95 Å². The lowest BCUT2D eigenvalue weighted by Gasteiger charge is -2.26. The minimum atomic E-state index is -0.801.